The van der Waals surface area contributed by atoms with Crippen molar-refractivity contribution in [3.05, 3.63) is 86.4 Å². The zero-order valence-corrected chi connectivity index (χ0v) is 20.2. The van der Waals surface area contributed by atoms with Gasteiger partial charge in [0, 0.05) is 31.1 Å². The van der Waals surface area contributed by atoms with Crippen LogP contribution >= 0.6 is 46.8 Å². The van der Waals surface area contributed by atoms with Crippen LogP contribution in [0.4, 0.5) is 9.18 Å². The summed E-state index contributed by atoms with van der Waals surface area (Å²) in [6, 6.07) is 11.6. The average Bonchev–Trinajstić information content (AvgIpc) is 3.22. The van der Waals surface area contributed by atoms with E-state index < -0.39 is 11.9 Å². The average molecular weight is 528 g/mol. The molecule has 4 rings (SSSR count). The van der Waals surface area contributed by atoms with Gasteiger partial charge in [0.05, 0.1) is 38.2 Å². The first-order valence-corrected chi connectivity index (χ1v) is 11.8. The van der Waals surface area contributed by atoms with Gasteiger partial charge >= 0.3 is 6.03 Å². The zero-order valence-electron chi connectivity index (χ0n) is 17.1. The van der Waals surface area contributed by atoms with Gasteiger partial charge < -0.3 is 10.1 Å². The molecule has 3 aromatic rings. The van der Waals surface area contributed by atoms with Gasteiger partial charge in [-0.2, -0.15) is 5.10 Å². The first-order chi connectivity index (χ1) is 15.9. The maximum Gasteiger partial charge on any atom is 0.325 e. The van der Waals surface area contributed by atoms with Crippen LogP contribution in [0.5, 0.6) is 0 Å². The number of aromatic nitrogens is 2. The second-order valence-electron chi connectivity index (χ2n) is 7.13. The van der Waals surface area contributed by atoms with E-state index in [1.165, 1.54) is 0 Å². The minimum Gasteiger partial charge on any atom is -0.372 e. The molecule has 1 aliphatic heterocycles. The van der Waals surface area contributed by atoms with Crippen molar-refractivity contribution in [2.45, 2.75) is 18.0 Å². The number of carbonyl (C=O) groups excluding carboxylic acids is 1. The van der Waals surface area contributed by atoms with Gasteiger partial charge in [0.2, 0.25) is 0 Å². The summed E-state index contributed by atoms with van der Waals surface area (Å²) in [7, 11) is 0. The molecule has 2 aromatic carbocycles. The quantitative estimate of drug-likeness (QED) is 0.380. The Labute approximate surface area is 209 Å². The third-order valence-corrected chi connectivity index (χ3v) is 6.48. The number of benzene rings is 2. The molecule has 2 N–H and O–H groups in total. The molecule has 0 atom stereocenters. The van der Waals surface area contributed by atoms with Crippen LogP contribution in [-0.2, 0) is 17.9 Å². The van der Waals surface area contributed by atoms with Gasteiger partial charge in [-0.3, -0.25) is 9.40 Å². The fourth-order valence-corrected chi connectivity index (χ4v) is 4.41. The molecule has 172 valence electrons. The van der Waals surface area contributed by atoms with Crippen LogP contribution in [0.15, 0.2) is 59.4 Å². The molecule has 33 heavy (non-hydrogen) atoms. The number of carbonyl (C=O) groups is 1. The fourth-order valence-electron chi connectivity index (χ4n) is 3.26. The van der Waals surface area contributed by atoms with E-state index in [-0.39, 0.29) is 13.2 Å². The third kappa shape index (κ3) is 6.02. The lowest BCUT2D eigenvalue weighted by atomic mass is 10.1. The highest BCUT2D eigenvalue weighted by Gasteiger charge is 2.24. The molecule has 0 aliphatic carbocycles. The molecule has 2 amide bonds. The van der Waals surface area contributed by atoms with Crippen LogP contribution in [0.3, 0.4) is 0 Å². The second kappa shape index (κ2) is 10.8. The van der Waals surface area contributed by atoms with Gasteiger partial charge in [0.15, 0.2) is 0 Å². The Morgan fingerprint density at radius 1 is 1.12 bits per heavy atom. The number of rotatable bonds is 6. The highest BCUT2D eigenvalue weighted by atomic mass is 35.5. The molecule has 11 heteroatoms. The van der Waals surface area contributed by atoms with Crippen LogP contribution in [0.25, 0.3) is 5.57 Å². The zero-order chi connectivity index (χ0) is 23.4. The van der Waals surface area contributed by atoms with Crippen LogP contribution in [0.1, 0.15) is 16.8 Å². The molecule has 6 nitrogen and oxygen atoms in total. The molecule has 0 spiro atoms. The van der Waals surface area contributed by atoms with Gasteiger partial charge in [-0.05, 0) is 53.9 Å². The predicted molar refractivity (Wildman–Crippen MR) is 129 cm³/mol. The van der Waals surface area contributed by atoms with Crippen molar-refractivity contribution in [3.8, 4) is 0 Å². The lowest BCUT2D eigenvalue weighted by molar-refractivity contribution is 0.144. The number of nitrogens with one attached hydrogen (secondary N) is 2. The van der Waals surface area contributed by atoms with Crippen molar-refractivity contribution < 1.29 is 13.9 Å². The van der Waals surface area contributed by atoms with Gasteiger partial charge in [0.1, 0.15) is 5.83 Å². The Kier molecular flexibility index (Phi) is 7.82. The van der Waals surface area contributed by atoms with Crippen LogP contribution < -0.4 is 10.0 Å². The molecule has 1 aliphatic rings. The topological polar surface area (TPSA) is 68.2 Å². The summed E-state index contributed by atoms with van der Waals surface area (Å²) in [5, 5.41) is 8.54. The Morgan fingerprint density at radius 2 is 1.88 bits per heavy atom. The summed E-state index contributed by atoms with van der Waals surface area (Å²) in [4.78, 5) is 12.9. The van der Waals surface area contributed by atoms with Crippen molar-refractivity contribution in [2.75, 3.05) is 13.2 Å². The van der Waals surface area contributed by atoms with Crippen molar-refractivity contribution >= 4 is 58.4 Å². The molecular formula is C22H18Cl3FN4O2S. The van der Waals surface area contributed by atoms with Crippen molar-refractivity contribution in [1.82, 2.24) is 19.8 Å². The molecule has 2 heterocycles. The monoisotopic (exact) mass is 526 g/mol. The van der Waals surface area contributed by atoms with E-state index in [0.29, 0.717) is 39.5 Å². The minimum absolute atomic E-state index is 0.0711. The van der Waals surface area contributed by atoms with Crippen LogP contribution in [0.2, 0.25) is 15.1 Å². The molecule has 0 fully saturated rings. The number of urea groups is 1. The molecular weight excluding hydrogens is 510 g/mol. The Bertz CT molecular complexity index is 1200. The number of amides is 2. The molecule has 0 bridgehead atoms. The fraction of sp³-hybridized carbons (Fsp3) is 0.182. The highest BCUT2D eigenvalue weighted by Crippen LogP contribution is 2.30. The van der Waals surface area contributed by atoms with E-state index in [4.69, 9.17) is 39.5 Å². The minimum atomic E-state index is -0.524. The first-order valence-electron chi connectivity index (χ1n) is 9.81. The van der Waals surface area contributed by atoms with E-state index in [1.54, 1.807) is 47.3 Å². The molecule has 0 unspecified atom stereocenters. The Balaban J connectivity index is 1.44. The number of hydrogen-bond acceptors (Lipinski definition) is 4. The standard InChI is InChI=1S/C22H18Cl3FN4O2S/c23-15-3-5-17(6-4-15)33-29-22(31)27-9-20(26)18-12-32-11-14-8-28-30(21(14)18)10-13-1-2-16(24)7-19(13)25/h1-8H,9-12H2,(H2,27,29,31)/b20-18-. The first kappa shape index (κ1) is 23.9. The molecule has 0 radical (unpaired) electrons. The normalized spacial score (nSPS) is 14.5. The maximum atomic E-state index is 15.1. The van der Waals surface area contributed by atoms with Gasteiger partial charge in [-0.15, -0.1) is 0 Å². The number of nitrogens with zero attached hydrogens (tertiary/aromatic N) is 2. The summed E-state index contributed by atoms with van der Waals surface area (Å²) in [5.74, 6) is -0.508. The van der Waals surface area contributed by atoms with Crippen molar-refractivity contribution in [2.24, 2.45) is 0 Å². The summed E-state index contributed by atoms with van der Waals surface area (Å²) in [5.41, 5.74) is 2.53. The van der Waals surface area contributed by atoms with E-state index in [9.17, 15) is 4.79 Å². The Hall–Kier alpha value is -2.23. The van der Waals surface area contributed by atoms with Gasteiger partial charge in [-0.25, -0.2) is 9.18 Å². The lowest BCUT2D eigenvalue weighted by Crippen LogP contribution is -2.32. The van der Waals surface area contributed by atoms with Crippen LogP contribution in [0, 0.1) is 0 Å². The van der Waals surface area contributed by atoms with Crippen molar-refractivity contribution in [1.29, 1.82) is 0 Å². The SMILES string of the molecule is O=C(NC/C(F)=C1\COCc2cnn(Cc3ccc(Cl)cc3Cl)c21)NSc1ccc(Cl)cc1. The number of ether oxygens (including phenoxy) is 1. The van der Waals surface area contributed by atoms with Gasteiger partial charge in [-0.1, -0.05) is 40.9 Å². The summed E-state index contributed by atoms with van der Waals surface area (Å²) >= 11 is 19.2. The number of halogens is 4. The molecule has 0 saturated heterocycles. The highest BCUT2D eigenvalue weighted by molar-refractivity contribution is 7.98. The lowest BCUT2D eigenvalue weighted by Gasteiger charge is -2.20. The molecule has 0 saturated carbocycles. The van der Waals surface area contributed by atoms with Crippen molar-refractivity contribution in [3.63, 3.8) is 0 Å². The van der Waals surface area contributed by atoms with E-state index in [2.05, 4.69) is 15.1 Å². The van der Waals surface area contributed by atoms with E-state index in [0.717, 1.165) is 28.0 Å². The van der Waals surface area contributed by atoms with Gasteiger partial charge in [0.25, 0.3) is 0 Å². The summed E-state index contributed by atoms with van der Waals surface area (Å²) < 4.78 is 24.9. The Morgan fingerprint density at radius 3 is 2.64 bits per heavy atom. The van der Waals surface area contributed by atoms with E-state index >= 15 is 4.39 Å². The predicted octanol–water partition coefficient (Wildman–Crippen LogP) is 6.11. The third-order valence-electron chi connectivity index (χ3n) is 4.85. The number of hydrogen-bond donors (Lipinski definition) is 2. The summed E-state index contributed by atoms with van der Waals surface area (Å²) in [6.45, 7) is 0.444. The largest absolute Gasteiger partial charge is 0.372 e. The summed E-state index contributed by atoms with van der Waals surface area (Å²) in [6.07, 6.45) is 1.65. The second-order valence-corrected chi connectivity index (χ2v) is 9.29. The molecule has 1 aromatic heterocycles. The number of fused-ring (bicyclic) bond motifs is 1. The van der Waals surface area contributed by atoms with E-state index in [1.807, 2.05) is 6.07 Å². The maximum absolute atomic E-state index is 15.1. The smallest absolute Gasteiger partial charge is 0.325 e. The van der Waals surface area contributed by atoms with Crippen LogP contribution in [-0.4, -0.2) is 29.0 Å².